The van der Waals surface area contributed by atoms with Gasteiger partial charge >= 0.3 is 5.97 Å². The second kappa shape index (κ2) is 5.82. The fourth-order valence-corrected chi connectivity index (χ4v) is 2.27. The van der Waals surface area contributed by atoms with Gasteiger partial charge in [0.15, 0.2) is 0 Å². The Hall–Kier alpha value is -2.57. The van der Waals surface area contributed by atoms with E-state index in [1.165, 1.54) is 17.0 Å². The molecular weight excluding hydrogens is 274 g/mol. The topological polar surface area (TPSA) is 116 Å². The van der Waals surface area contributed by atoms with Crippen LogP contribution in [-0.2, 0) is 14.3 Å². The first-order valence-corrected chi connectivity index (χ1v) is 6.60. The fourth-order valence-electron chi connectivity index (χ4n) is 2.27. The monoisotopic (exact) mass is 291 g/mol. The minimum Gasteiger partial charge on any atom is -0.462 e. The molecule has 0 aliphatic carbocycles. The second-order valence-corrected chi connectivity index (χ2v) is 4.80. The van der Waals surface area contributed by atoms with Gasteiger partial charge in [-0.1, -0.05) is 0 Å². The normalized spacial score (nSPS) is 17.9. The standard InChI is InChI=1S/C14H17N3O4/c1-2-21-14(20)8-3-4-11(10(15)5-8)17-7-9(13(16)19)6-12(17)18/h3-5,9H,2,6-7,15H2,1H3,(H2,16,19). The average Bonchev–Trinajstić information content (AvgIpc) is 2.81. The highest BCUT2D eigenvalue weighted by molar-refractivity contribution is 6.03. The number of ether oxygens (including phenoxy) is 1. The number of primary amides is 1. The fraction of sp³-hybridized carbons (Fsp3) is 0.357. The Kier molecular flexibility index (Phi) is 4.11. The molecule has 0 saturated carbocycles. The molecule has 1 aliphatic heterocycles. The smallest absolute Gasteiger partial charge is 0.338 e. The van der Waals surface area contributed by atoms with Gasteiger partial charge in [0.25, 0.3) is 0 Å². The zero-order valence-electron chi connectivity index (χ0n) is 11.7. The van der Waals surface area contributed by atoms with Gasteiger partial charge in [0, 0.05) is 13.0 Å². The SMILES string of the molecule is CCOC(=O)c1ccc(N2CC(C(N)=O)CC2=O)c(N)c1. The van der Waals surface area contributed by atoms with Crippen LogP contribution in [0.2, 0.25) is 0 Å². The largest absolute Gasteiger partial charge is 0.462 e. The van der Waals surface area contributed by atoms with Crippen LogP contribution in [0.4, 0.5) is 11.4 Å². The molecule has 2 rings (SSSR count). The minimum atomic E-state index is -0.512. The van der Waals surface area contributed by atoms with Crippen molar-refractivity contribution in [3.8, 4) is 0 Å². The van der Waals surface area contributed by atoms with E-state index in [1.54, 1.807) is 13.0 Å². The van der Waals surface area contributed by atoms with Crippen LogP contribution >= 0.6 is 0 Å². The summed E-state index contributed by atoms with van der Waals surface area (Å²) in [7, 11) is 0. The number of esters is 1. The summed E-state index contributed by atoms with van der Waals surface area (Å²) in [5, 5.41) is 0. The van der Waals surface area contributed by atoms with Crippen LogP contribution in [0.5, 0.6) is 0 Å². The predicted molar refractivity (Wildman–Crippen MR) is 76.5 cm³/mol. The maximum absolute atomic E-state index is 11.9. The van der Waals surface area contributed by atoms with Gasteiger partial charge in [-0.15, -0.1) is 0 Å². The van der Waals surface area contributed by atoms with E-state index in [4.69, 9.17) is 16.2 Å². The van der Waals surface area contributed by atoms with Crippen molar-refractivity contribution in [3.05, 3.63) is 23.8 Å². The number of hydrogen-bond acceptors (Lipinski definition) is 5. The van der Waals surface area contributed by atoms with Crippen LogP contribution in [0.3, 0.4) is 0 Å². The van der Waals surface area contributed by atoms with Crippen LogP contribution in [0, 0.1) is 5.92 Å². The number of nitrogen functional groups attached to an aromatic ring is 1. The highest BCUT2D eigenvalue weighted by Gasteiger charge is 2.34. The van der Waals surface area contributed by atoms with Gasteiger partial charge in [-0.3, -0.25) is 9.59 Å². The number of amides is 2. The van der Waals surface area contributed by atoms with Gasteiger partial charge in [-0.05, 0) is 25.1 Å². The molecule has 1 unspecified atom stereocenters. The molecule has 0 spiro atoms. The van der Waals surface area contributed by atoms with Crippen molar-refractivity contribution in [2.45, 2.75) is 13.3 Å². The van der Waals surface area contributed by atoms with Crippen LogP contribution < -0.4 is 16.4 Å². The molecule has 0 aromatic heterocycles. The quantitative estimate of drug-likeness (QED) is 0.610. The van der Waals surface area contributed by atoms with Crippen molar-refractivity contribution >= 4 is 29.2 Å². The van der Waals surface area contributed by atoms with Crippen molar-refractivity contribution in [2.24, 2.45) is 11.7 Å². The first-order chi connectivity index (χ1) is 9.93. The number of benzene rings is 1. The summed E-state index contributed by atoms with van der Waals surface area (Å²) in [6, 6.07) is 4.57. The van der Waals surface area contributed by atoms with Crippen molar-refractivity contribution in [2.75, 3.05) is 23.8 Å². The van der Waals surface area contributed by atoms with Gasteiger partial charge < -0.3 is 21.1 Å². The van der Waals surface area contributed by atoms with Gasteiger partial charge in [-0.25, -0.2) is 4.79 Å². The third-order valence-corrected chi connectivity index (χ3v) is 3.36. The lowest BCUT2D eigenvalue weighted by molar-refractivity contribution is -0.123. The molecule has 1 atom stereocenters. The third kappa shape index (κ3) is 2.96. The molecule has 4 N–H and O–H groups in total. The van der Waals surface area contributed by atoms with Gasteiger partial charge in [0.1, 0.15) is 0 Å². The third-order valence-electron chi connectivity index (χ3n) is 3.36. The number of carbonyl (C=O) groups excluding carboxylic acids is 3. The highest BCUT2D eigenvalue weighted by Crippen LogP contribution is 2.30. The van der Waals surface area contributed by atoms with E-state index in [2.05, 4.69) is 0 Å². The number of carbonyl (C=O) groups is 3. The molecule has 7 nitrogen and oxygen atoms in total. The van der Waals surface area contributed by atoms with E-state index in [-0.39, 0.29) is 31.2 Å². The number of nitrogens with two attached hydrogens (primary N) is 2. The maximum Gasteiger partial charge on any atom is 0.338 e. The van der Waals surface area contributed by atoms with Gasteiger partial charge in [-0.2, -0.15) is 0 Å². The number of anilines is 2. The van der Waals surface area contributed by atoms with Crippen molar-refractivity contribution < 1.29 is 19.1 Å². The summed E-state index contributed by atoms with van der Waals surface area (Å²) in [4.78, 5) is 36.1. The van der Waals surface area contributed by atoms with Crippen LogP contribution in [0.1, 0.15) is 23.7 Å². The molecule has 1 heterocycles. The van der Waals surface area contributed by atoms with E-state index in [0.29, 0.717) is 11.3 Å². The number of hydrogen-bond donors (Lipinski definition) is 2. The van der Waals surface area contributed by atoms with Gasteiger partial charge in [0.2, 0.25) is 11.8 Å². The summed E-state index contributed by atoms with van der Waals surface area (Å²) in [6.45, 7) is 2.19. The molecule has 0 radical (unpaired) electrons. The van der Waals surface area contributed by atoms with Crippen molar-refractivity contribution in [1.82, 2.24) is 0 Å². The summed E-state index contributed by atoms with van der Waals surface area (Å²) in [5.41, 5.74) is 12.2. The summed E-state index contributed by atoms with van der Waals surface area (Å²) in [5.74, 6) is -1.71. The van der Waals surface area contributed by atoms with Crippen LogP contribution in [0.25, 0.3) is 0 Å². The molecule has 1 aliphatic rings. The van der Waals surface area contributed by atoms with E-state index in [1.807, 2.05) is 0 Å². The van der Waals surface area contributed by atoms with Crippen LogP contribution in [-0.4, -0.2) is 30.9 Å². The molecule has 1 aromatic rings. The van der Waals surface area contributed by atoms with E-state index in [9.17, 15) is 14.4 Å². The Bertz CT molecular complexity index is 600. The summed E-state index contributed by atoms with van der Waals surface area (Å²) < 4.78 is 4.88. The first-order valence-electron chi connectivity index (χ1n) is 6.60. The Morgan fingerprint density at radius 3 is 2.67 bits per heavy atom. The molecular formula is C14H17N3O4. The molecule has 1 aromatic carbocycles. The minimum absolute atomic E-state index is 0.0778. The Morgan fingerprint density at radius 1 is 1.43 bits per heavy atom. The molecule has 2 amide bonds. The maximum atomic E-state index is 11.9. The zero-order valence-corrected chi connectivity index (χ0v) is 11.7. The van der Waals surface area contributed by atoms with E-state index < -0.39 is 17.8 Å². The van der Waals surface area contributed by atoms with Crippen LogP contribution in [0.15, 0.2) is 18.2 Å². The molecule has 1 saturated heterocycles. The molecule has 1 fully saturated rings. The zero-order chi connectivity index (χ0) is 15.6. The lowest BCUT2D eigenvalue weighted by Gasteiger charge is -2.19. The lowest BCUT2D eigenvalue weighted by Crippen LogP contribution is -2.29. The Labute approximate surface area is 121 Å². The number of rotatable bonds is 4. The molecule has 0 bridgehead atoms. The van der Waals surface area contributed by atoms with Crippen molar-refractivity contribution in [3.63, 3.8) is 0 Å². The predicted octanol–water partition coefficient (Wildman–Crippen LogP) is 0.284. The Morgan fingerprint density at radius 2 is 2.14 bits per heavy atom. The number of nitrogens with zero attached hydrogens (tertiary/aromatic N) is 1. The second-order valence-electron chi connectivity index (χ2n) is 4.80. The molecule has 112 valence electrons. The molecule has 21 heavy (non-hydrogen) atoms. The molecule has 7 heteroatoms. The summed E-state index contributed by atoms with van der Waals surface area (Å²) >= 11 is 0. The van der Waals surface area contributed by atoms with E-state index >= 15 is 0 Å². The van der Waals surface area contributed by atoms with Crippen molar-refractivity contribution in [1.29, 1.82) is 0 Å². The van der Waals surface area contributed by atoms with Gasteiger partial charge in [0.05, 0.1) is 29.5 Å². The first kappa shape index (κ1) is 14.8. The summed E-state index contributed by atoms with van der Waals surface area (Å²) in [6.07, 6.45) is 0.0778. The van der Waals surface area contributed by atoms with E-state index in [0.717, 1.165) is 0 Å². The Balaban J connectivity index is 2.24. The lowest BCUT2D eigenvalue weighted by atomic mass is 10.1. The highest BCUT2D eigenvalue weighted by atomic mass is 16.5. The average molecular weight is 291 g/mol.